The molecule has 0 aromatic carbocycles. The van der Waals surface area contributed by atoms with Crippen molar-refractivity contribution in [3.8, 4) is 0 Å². The van der Waals surface area contributed by atoms with Gasteiger partial charge < -0.3 is 9.64 Å². The second kappa shape index (κ2) is 7.58. The number of nitrogens with zero attached hydrogens (tertiary/aromatic N) is 1. The summed E-state index contributed by atoms with van der Waals surface area (Å²) < 4.78 is 5.18. The SMILES string of the molecule is C=C(C)CN(CC)C(=O)COC(=O)c1cc2c(s1)CCCC2. The number of carbonyl (C=O) groups is 2. The molecule has 0 N–H and O–H groups in total. The number of likely N-dealkylation sites (N-methyl/N-ethyl adjacent to an activating group) is 1. The fourth-order valence-electron chi connectivity index (χ4n) is 2.58. The Labute approximate surface area is 135 Å². The van der Waals surface area contributed by atoms with Crippen LogP contribution in [0.4, 0.5) is 0 Å². The number of ether oxygens (including phenoxy) is 1. The smallest absolute Gasteiger partial charge is 0.348 e. The lowest BCUT2D eigenvalue weighted by atomic mass is 9.99. The normalized spacial score (nSPS) is 13.4. The van der Waals surface area contributed by atoms with Crippen molar-refractivity contribution >= 4 is 23.2 Å². The van der Waals surface area contributed by atoms with Crippen molar-refractivity contribution in [1.29, 1.82) is 0 Å². The van der Waals surface area contributed by atoms with Crippen molar-refractivity contribution in [2.24, 2.45) is 0 Å². The van der Waals surface area contributed by atoms with Crippen LogP contribution in [0, 0.1) is 0 Å². The number of hydrogen-bond acceptors (Lipinski definition) is 4. The number of thiophene rings is 1. The molecule has 0 saturated heterocycles. The molecule has 1 aromatic rings. The third kappa shape index (κ3) is 4.19. The Kier molecular flexibility index (Phi) is 5.77. The third-order valence-corrected chi connectivity index (χ3v) is 4.94. The minimum atomic E-state index is -0.390. The number of fused-ring (bicyclic) bond motifs is 1. The zero-order chi connectivity index (χ0) is 16.1. The van der Waals surface area contributed by atoms with Gasteiger partial charge in [-0.1, -0.05) is 12.2 Å². The topological polar surface area (TPSA) is 46.6 Å². The first-order chi connectivity index (χ1) is 10.5. The van der Waals surface area contributed by atoms with Crippen LogP contribution in [0.3, 0.4) is 0 Å². The van der Waals surface area contributed by atoms with Crippen molar-refractivity contribution in [1.82, 2.24) is 4.90 Å². The molecule has 0 saturated carbocycles. The zero-order valence-electron chi connectivity index (χ0n) is 13.3. The van der Waals surface area contributed by atoms with Gasteiger partial charge in [-0.25, -0.2) is 4.79 Å². The molecular weight excluding hydrogens is 298 g/mol. The Morgan fingerprint density at radius 3 is 2.73 bits per heavy atom. The highest BCUT2D eigenvalue weighted by Crippen LogP contribution is 2.29. The molecule has 1 aromatic heterocycles. The molecule has 22 heavy (non-hydrogen) atoms. The van der Waals surface area contributed by atoms with E-state index in [1.54, 1.807) is 4.90 Å². The van der Waals surface area contributed by atoms with Gasteiger partial charge in [-0.3, -0.25) is 4.79 Å². The fraction of sp³-hybridized carbons (Fsp3) is 0.529. The minimum absolute atomic E-state index is 0.180. The molecule has 0 spiro atoms. The van der Waals surface area contributed by atoms with Crippen molar-refractivity contribution in [3.63, 3.8) is 0 Å². The Morgan fingerprint density at radius 2 is 2.09 bits per heavy atom. The molecule has 1 aliphatic carbocycles. The van der Waals surface area contributed by atoms with Crippen LogP contribution in [0.25, 0.3) is 0 Å². The van der Waals surface area contributed by atoms with Gasteiger partial charge in [0.05, 0.1) is 0 Å². The monoisotopic (exact) mass is 321 g/mol. The number of hydrogen-bond donors (Lipinski definition) is 0. The van der Waals surface area contributed by atoms with Gasteiger partial charge in [-0.15, -0.1) is 11.3 Å². The Balaban J connectivity index is 1.90. The summed E-state index contributed by atoms with van der Waals surface area (Å²) in [6, 6.07) is 1.93. The molecule has 0 atom stereocenters. The first-order valence-electron chi connectivity index (χ1n) is 7.72. The standard InChI is InChI=1S/C17H23NO3S/c1-4-18(10-12(2)3)16(19)11-21-17(20)15-9-13-7-5-6-8-14(13)22-15/h9H,2,4-8,10-11H2,1,3H3. The molecule has 0 fully saturated rings. The summed E-state index contributed by atoms with van der Waals surface area (Å²) in [5.41, 5.74) is 2.18. The van der Waals surface area contributed by atoms with Gasteiger partial charge in [-0.05, 0) is 51.2 Å². The number of aryl methyl sites for hydroxylation is 2. The maximum Gasteiger partial charge on any atom is 0.348 e. The number of rotatable bonds is 6. The molecule has 120 valence electrons. The molecule has 2 rings (SSSR count). The van der Waals surface area contributed by atoms with Crippen LogP contribution in [-0.4, -0.2) is 36.5 Å². The van der Waals surface area contributed by atoms with Crippen molar-refractivity contribution in [2.75, 3.05) is 19.7 Å². The van der Waals surface area contributed by atoms with Gasteiger partial charge in [0.25, 0.3) is 5.91 Å². The van der Waals surface area contributed by atoms with Crippen LogP contribution in [-0.2, 0) is 22.4 Å². The molecule has 0 radical (unpaired) electrons. The second-order valence-corrected chi connectivity index (χ2v) is 6.84. The van der Waals surface area contributed by atoms with Crippen molar-refractivity contribution in [2.45, 2.75) is 39.5 Å². The zero-order valence-corrected chi connectivity index (χ0v) is 14.1. The van der Waals surface area contributed by atoms with E-state index in [2.05, 4.69) is 6.58 Å². The summed E-state index contributed by atoms with van der Waals surface area (Å²) in [5, 5.41) is 0. The van der Waals surface area contributed by atoms with E-state index in [1.807, 2.05) is 19.9 Å². The summed E-state index contributed by atoms with van der Waals surface area (Å²) in [4.78, 5) is 27.7. The average Bonchev–Trinajstić information content (AvgIpc) is 2.93. The molecule has 5 heteroatoms. The maximum absolute atomic E-state index is 12.1. The third-order valence-electron chi connectivity index (χ3n) is 3.72. The highest BCUT2D eigenvalue weighted by molar-refractivity contribution is 7.14. The van der Waals surface area contributed by atoms with Gasteiger partial charge in [0.1, 0.15) is 4.88 Å². The summed E-state index contributed by atoms with van der Waals surface area (Å²) >= 11 is 1.51. The average molecular weight is 321 g/mol. The minimum Gasteiger partial charge on any atom is -0.451 e. The van der Waals surface area contributed by atoms with Gasteiger partial charge in [0.15, 0.2) is 6.61 Å². The predicted molar refractivity (Wildman–Crippen MR) is 88.3 cm³/mol. The van der Waals surface area contributed by atoms with E-state index in [4.69, 9.17) is 4.74 Å². The van der Waals surface area contributed by atoms with E-state index in [1.165, 1.54) is 34.6 Å². The van der Waals surface area contributed by atoms with Crippen LogP contribution >= 0.6 is 11.3 Å². The highest BCUT2D eigenvalue weighted by atomic mass is 32.1. The lowest BCUT2D eigenvalue weighted by molar-refractivity contribution is -0.133. The van der Waals surface area contributed by atoms with E-state index in [-0.39, 0.29) is 18.5 Å². The quantitative estimate of drug-likeness (QED) is 0.597. The number of carbonyl (C=O) groups excluding carboxylic acids is 2. The summed E-state index contributed by atoms with van der Waals surface area (Å²) in [5.74, 6) is -0.570. The molecule has 0 aliphatic heterocycles. The first-order valence-corrected chi connectivity index (χ1v) is 8.53. The highest BCUT2D eigenvalue weighted by Gasteiger charge is 2.20. The van der Waals surface area contributed by atoms with Crippen LogP contribution in [0.5, 0.6) is 0 Å². The lowest BCUT2D eigenvalue weighted by Crippen LogP contribution is -2.35. The molecule has 0 bridgehead atoms. The van der Waals surface area contributed by atoms with Gasteiger partial charge >= 0.3 is 5.97 Å². The largest absolute Gasteiger partial charge is 0.451 e. The van der Waals surface area contributed by atoms with Gasteiger partial charge in [0, 0.05) is 18.0 Å². The van der Waals surface area contributed by atoms with E-state index < -0.39 is 0 Å². The van der Waals surface area contributed by atoms with E-state index in [9.17, 15) is 9.59 Å². The molecular formula is C17H23NO3S. The Hall–Kier alpha value is -1.62. The predicted octanol–water partition coefficient (Wildman–Crippen LogP) is 3.21. The van der Waals surface area contributed by atoms with Crippen LogP contribution in [0.1, 0.15) is 46.8 Å². The van der Waals surface area contributed by atoms with E-state index in [0.29, 0.717) is 18.0 Å². The van der Waals surface area contributed by atoms with E-state index >= 15 is 0 Å². The first kappa shape index (κ1) is 16.7. The Morgan fingerprint density at radius 1 is 1.36 bits per heavy atom. The Bertz CT molecular complexity index is 553. The number of amides is 1. The van der Waals surface area contributed by atoms with Crippen molar-refractivity contribution in [3.05, 3.63) is 33.5 Å². The molecule has 4 nitrogen and oxygen atoms in total. The number of esters is 1. The molecule has 0 unspecified atom stereocenters. The summed E-state index contributed by atoms with van der Waals surface area (Å²) in [7, 11) is 0. The summed E-state index contributed by atoms with van der Waals surface area (Å²) in [6.45, 7) is 8.45. The summed E-state index contributed by atoms with van der Waals surface area (Å²) in [6.07, 6.45) is 4.46. The molecule has 1 amide bonds. The van der Waals surface area contributed by atoms with Crippen LogP contribution < -0.4 is 0 Å². The maximum atomic E-state index is 12.1. The molecule has 1 aliphatic rings. The van der Waals surface area contributed by atoms with Crippen LogP contribution in [0.15, 0.2) is 18.2 Å². The molecule has 1 heterocycles. The van der Waals surface area contributed by atoms with Crippen molar-refractivity contribution < 1.29 is 14.3 Å². The van der Waals surface area contributed by atoms with E-state index in [0.717, 1.165) is 18.4 Å². The van der Waals surface area contributed by atoms with Gasteiger partial charge in [-0.2, -0.15) is 0 Å². The fourth-order valence-corrected chi connectivity index (χ4v) is 3.73. The lowest BCUT2D eigenvalue weighted by Gasteiger charge is -2.20. The van der Waals surface area contributed by atoms with Crippen LogP contribution in [0.2, 0.25) is 0 Å². The van der Waals surface area contributed by atoms with Gasteiger partial charge in [0.2, 0.25) is 0 Å². The second-order valence-electron chi connectivity index (χ2n) is 5.71.